The number of carbonyl (C=O) groups is 2. The fourth-order valence-electron chi connectivity index (χ4n) is 4.58. The zero-order valence-electron chi connectivity index (χ0n) is 22.5. The highest BCUT2D eigenvalue weighted by molar-refractivity contribution is 5.92. The van der Waals surface area contributed by atoms with E-state index < -0.39 is 0 Å². The molecule has 7 nitrogen and oxygen atoms in total. The molecule has 0 aliphatic heterocycles. The molecule has 1 aromatic heterocycles. The molecule has 0 radical (unpaired) electrons. The number of carbonyl (C=O) groups excluding carboxylic acids is 2. The summed E-state index contributed by atoms with van der Waals surface area (Å²) >= 11 is 0. The highest BCUT2D eigenvalue weighted by Gasteiger charge is 2.24. The Morgan fingerprint density at radius 3 is 2.50 bits per heavy atom. The maximum absolute atomic E-state index is 13.8. The Labute approximate surface area is 224 Å². The quantitative estimate of drug-likeness (QED) is 0.274. The van der Waals surface area contributed by atoms with E-state index in [1.54, 1.807) is 12.0 Å². The molecule has 0 atom stereocenters. The van der Waals surface area contributed by atoms with Gasteiger partial charge in [-0.25, -0.2) is 4.79 Å². The molecule has 7 heteroatoms. The molecule has 0 fully saturated rings. The number of anilines is 1. The Balaban J connectivity index is 1.54. The highest BCUT2D eigenvalue weighted by Crippen LogP contribution is 2.22. The summed E-state index contributed by atoms with van der Waals surface area (Å²) in [6.07, 6.45) is 2.69. The zero-order chi connectivity index (χ0) is 27.1. The number of benzene rings is 3. The minimum Gasteiger partial charge on any atom is -0.496 e. The number of nitrogens with one attached hydrogen (secondary N) is 2. The molecule has 0 saturated carbocycles. The molecule has 1 heterocycles. The molecule has 38 heavy (non-hydrogen) atoms. The van der Waals surface area contributed by atoms with Crippen molar-refractivity contribution in [1.82, 2.24) is 14.8 Å². The Morgan fingerprint density at radius 2 is 1.74 bits per heavy atom. The number of hydrogen-bond donors (Lipinski definition) is 2. The summed E-state index contributed by atoms with van der Waals surface area (Å²) < 4.78 is 5.55. The average Bonchev–Trinajstić information content (AvgIpc) is 3.32. The SMILES string of the molecule is COc1ccccc1CN(CCc1c[nH]c2ccccc12)C(=O)CN(C(=O)Nc1cccc(C)c1)C(C)C. The van der Waals surface area contributed by atoms with Crippen molar-refractivity contribution in [2.45, 2.75) is 39.8 Å². The van der Waals surface area contributed by atoms with E-state index in [1.165, 1.54) is 0 Å². The van der Waals surface area contributed by atoms with Crippen LogP contribution >= 0.6 is 0 Å². The van der Waals surface area contributed by atoms with Gasteiger partial charge in [0.05, 0.1) is 7.11 Å². The Kier molecular flexibility index (Phi) is 8.69. The van der Waals surface area contributed by atoms with Crippen LogP contribution in [-0.2, 0) is 17.8 Å². The van der Waals surface area contributed by atoms with Gasteiger partial charge in [-0.2, -0.15) is 0 Å². The van der Waals surface area contributed by atoms with E-state index in [4.69, 9.17) is 4.74 Å². The second-order valence-electron chi connectivity index (χ2n) is 9.76. The maximum atomic E-state index is 13.8. The lowest BCUT2D eigenvalue weighted by Crippen LogP contribution is -2.47. The number of aryl methyl sites for hydroxylation is 1. The second kappa shape index (κ2) is 12.3. The van der Waals surface area contributed by atoms with E-state index in [1.807, 2.05) is 98.6 Å². The van der Waals surface area contributed by atoms with Gasteiger partial charge in [0, 0.05) is 47.5 Å². The minimum absolute atomic E-state index is 0.0294. The summed E-state index contributed by atoms with van der Waals surface area (Å²) in [5.74, 6) is 0.610. The lowest BCUT2D eigenvalue weighted by molar-refractivity contribution is -0.132. The number of methoxy groups -OCH3 is 1. The molecular formula is C31H36N4O3. The first-order valence-electron chi connectivity index (χ1n) is 12.9. The van der Waals surface area contributed by atoms with Gasteiger partial charge in [-0.1, -0.05) is 48.5 Å². The van der Waals surface area contributed by atoms with Crippen LogP contribution < -0.4 is 10.1 Å². The lowest BCUT2D eigenvalue weighted by atomic mass is 10.1. The van der Waals surface area contributed by atoms with E-state index >= 15 is 0 Å². The van der Waals surface area contributed by atoms with Gasteiger partial charge in [-0.05, 0) is 62.6 Å². The van der Waals surface area contributed by atoms with Crippen molar-refractivity contribution < 1.29 is 14.3 Å². The number of urea groups is 1. The molecular weight excluding hydrogens is 476 g/mol. The van der Waals surface area contributed by atoms with Gasteiger partial charge < -0.3 is 24.8 Å². The van der Waals surface area contributed by atoms with Crippen molar-refractivity contribution in [2.75, 3.05) is 25.5 Å². The van der Waals surface area contributed by atoms with Crippen LogP contribution in [0.25, 0.3) is 10.9 Å². The number of rotatable bonds is 10. The lowest BCUT2D eigenvalue weighted by Gasteiger charge is -2.30. The van der Waals surface area contributed by atoms with Gasteiger partial charge in [0.1, 0.15) is 12.3 Å². The summed E-state index contributed by atoms with van der Waals surface area (Å²) in [6, 6.07) is 23.0. The normalized spacial score (nSPS) is 11.0. The van der Waals surface area contributed by atoms with E-state index in [2.05, 4.69) is 16.4 Å². The molecule has 0 aliphatic rings. The van der Waals surface area contributed by atoms with Crippen LogP contribution in [-0.4, -0.2) is 53.0 Å². The van der Waals surface area contributed by atoms with Crippen molar-refractivity contribution in [1.29, 1.82) is 0 Å². The molecule has 4 rings (SSSR count). The number of aromatic nitrogens is 1. The maximum Gasteiger partial charge on any atom is 0.322 e. The number of fused-ring (bicyclic) bond motifs is 1. The predicted octanol–water partition coefficient (Wildman–Crippen LogP) is 6.00. The Bertz CT molecular complexity index is 1390. The summed E-state index contributed by atoms with van der Waals surface area (Å²) in [5.41, 5.74) is 4.90. The standard InChI is InChI=1S/C31H36N4O3/c1-22(2)35(31(37)33-26-12-9-10-23(3)18-26)21-30(36)34(20-25-11-5-8-15-29(25)38-4)17-16-24-19-32-28-14-7-6-13-27(24)28/h5-15,18-19,22,32H,16-17,20-21H2,1-4H3,(H,33,37). The molecule has 2 N–H and O–H groups in total. The molecule has 3 aromatic carbocycles. The van der Waals surface area contributed by atoms with Crippen LogP contribution in [0.1, 0.15) is 30.5 Å². The number of aromatic amines is 1. The van der Waals surface area contributed by atoms with Crippen LogP contribution in [0, 0.1) is 6.92 Å². The predicted molar refractivity (Wildman–Crippen MR) is 152 cm³/mol. The molecule has 0 bridgehead atoms. The molecule has 0 saturated heterocycles. The third-order valence-electron chi connectivity index (χ3n) is 6.69. The topological polar surface area (TPSA) is 77.7 Å². The van der Waals surface area contributed by atoms with Crippen LogP contribution in [0.3, 0.4) is 0 Å². The number of ether oxygens (including phenoxy) is 1. The van der Waals surface area contributed by atoms with Crippen LogP contribution in [0.2, 0.25) is 0 Å². The number of amides is 3. The summed E-state index contributed by atoms with van der Waals surface area (Å²) in [5, 5.41) is 4.09. The largest absolute Gasteiger partial charge is 0.496 e. The third kappa shape index (κ3) is 6.54. The highest BCUT2D eigenvalue weighted by atomic mass is 16.5. The van der Waals surface area contributed by atoms with Crippen molar-refractivity contribution in [2.24, 2.45) is 0 Å². The van der Waals surface area contributed by atoms with Crippen LogP contribution in [0.15, 0.2) is 79.0 Å². The number of para-hydroxylation sites is 2. The first kappa shape index (κ1) is 26.8. The first-order valence-corrected chi connectivity index (χ1v) is 12.9. The number of H-pyrrole nitrogens is 1. The Morgan fingerprint density at radius 1 is 0.974 bits per heavy atom. The van der Waals surface area contributed by atoms with Crippen molar-refractivity contribution in [3.05, 3.63) is 95.7 Å². The third-order valence-corrected chi connectivity index (χ3v) is 6.69. The van der Waals surface area contributed by atoms with Gasteiger partial charge >= 0.3 is 6.03 Å². The van der Waals surface area contributed by atoms with Crippen LogP contribution in [0.5, 0.6) is 5.75 Å². The molecule has 4 aromatic rings. The molecule has 3 amide bonds. The smallest absolute Gasteiger partial charge is 0.322 e. The Hall–Kier alpha value is -4.26. The van der Waals surface area contributed by atoms with Gasteiger partial charge in [0.2, 0.25) is 5.91 Å². The molecule has 198 valence electrons. The van der Waals surface area contributed by atoms with Gasteiger partial charge in [0.15, 0.2) is 0 Å². The first-order chi connectivity index (χ1) is 18.4. The van der Waals surface area contributed by atoms with Crippen molar-refractivity contribution in [3.8, 4) is 5.75 Å². The minimum atomic E-state index is -0.298. The molecule has 0 spiro atoms. The molecule has 0 aliphatic carbocycles. The van der Waals surface area contributed by atoms with Gasteiger partial charge in [-0.3, -0.25) is 4.79 Å². The zero-order valence-corrected chi connectivity index (χ0v) is 22.5. The summed E-state index contributed by atoms with van der Waals surface area (Å²) in [4.78, 5) is 33.6. The fraction of sp³-hybridized carbons (Fsp3) is 0.290. The van der Waals surface area contributed by atoms with E-state index in [0.29, 0.717) is 25.2 Å². The van der Waals surface area contributed by atoms with Gasteiger partial charge in [-0.15, -0.1) is 0 Å². The summed E-state index contributed by atoms with van der Waals surface area (Å²) in [6.45, 7) is 6.67. The average molecular weight is 513 g/mol. The number of nitrogens with zero attached hydrogens (tertiary/aromatic N) is 2. The van der Waals surface area contributed by atoms with Crippen molar-refractivity contribution in [3.63, 3.8) is 0 Å². The van der Waals surface area contributed by atoms with E-state index in [0.717, 1.165) is 33.3 Å². The molecule has 0 unspecified atom stereocenters. The second-order valence-corrected chi connectivity index (χ2v) is 9.76. The van der Waals surface area contributed by atoms with Gasteiger partial charge in [0.25, 0.3) is 0 Å². The fourth-order valence-corrected chi connectivity index (χ4v) is 4.58. The number of hydrogen-bond acceptors (Lipinski definition) is 3. The van der Waals surface area contributed by atoms with E-state index in [9.17, 15) is 9.59 Å². The summed E-state index contributed by atoms with van der Waals surface area (Å²) in [7, 11) is 1.63. The van der Waals surface area contributed by atoms with Crippen molar-refractivity contribution >= 4 is 28.5 Å². The van der Waals surface area contributed by atoms with Crippen LogP contribution in [0.4, 0.5) is 10.5 Å². The van der Waals surface area contributed by atoms with E-state index in [-0.39, 0.29) is 24.5 Å². The monoisotopic (exact) mass is 512 g/mol.